The van der Waals surface area contributed by atoms with E-state index < -0.39 is 15.9 Å². The molecule has 1 unspecified atom stereocenters. The van der Waals surface area contributed by atoms with Crippen molar-refractivity contribution in [3.8, 4) is 0 Å². The molecule has 1 aromatic carbocycles. The lowest BCUT2D eigenvalue weighted by Gasteiger charge is -2.30. The van der Waals surface area contributed by atoms with Crippen molar-refractivity contribution in [2.75, 3.05) is 13.1 Å². The number of carbonyl (C=O) groups is 1. The summed E-state index contributed by atoms with van der Waals surface area (Å²) >= 11 is 0. The number of sulfonamides is 1. The van der Waals surface area contributed by atoms with Crippen molar-refractivity contribution in [1.82, 2.24) is 4.31 Å². The zero-order chi connectivity index (χ0) is 14.9. The van der Waals surface area contributed by atoms with Gasteiger partial charge in [-0.1, -0.05) is 6.07 Å². The second kappa shape index (κ2) is 6.74. The normalized spacial score (nSPS) is 19.8. The molecule has 0 saturated carbocycles. The zero-order valence-electron chi connectivity index (χ0n) is 11.8. The lowest BCUT2D eigenvalue weighted by Crippen LogP contribution is -2.45. The average molecular weight is 334 g/mol. The molecule has 21 heavy (non-hydrogen) atoms. The lowest BCUT2D eigenvalue weighted by molar-refractivity contribution is 0.0999. The summed E-state index contributed by atoms with van der Waals surface area (Å²) in [5.74, 6) is -0.630. The number of carbonyl (C=O) groups excluding carboxylic acids is 1. The number of hydrogen-bond donors (Lipinski definition) is 2. The van der Waals surface area contributed by atoms with Crippen LogP contribution in [0, 0.1) is 6.92 Å². The highest BCUT2D eigenvalue weighted by Gasteiger charge is 2.29. The fraction of sp³-hybridized carbons (Fsp3) is 0.462. The van der Waals surface area contributed by atoms with E-state index >= 15 is 0 Å². The first-order chi connectivity index (χ1) is 9.32. The Morgan fingerprint density at radius 1 is 1.38 bits per heavy atom. The molecular weight excluding hydrogens is 314 g/mol. The van der Waals surface area contributed by atoms with E-state index in [4.69, 9.17) is 11.5 Å². The monoisotopic (exact) mass is 333 g/mol. The van der Waals surface area contributed by atoms with Crippen molar-refractivity contribution in [2.24, 2.45) is 11.5 Å². The highest BCUT2D eigenvalue weighted by Crippen LogP contribution is 2.22. The molecule has 1 fully saturated rings. The SMILES string of the molecule is Cc1ccc(S(=O)(=O)N2CCCC(N)C2)cc1C(N)=O.Cl. The molecule has 0 radical (unpaired) electrons. The molecule has 0 aromatic heterocycles. The van der Waals surface area contributed by atoms with Gasteiger partial charge in [0, 0.05) is 24.7 Å². The Hall–Kier alpha value is -1.15. The third-order valence-electron chi connectivity index (χ3n) is 3.53. The van der Waals surface area contributed by atoms with Crippen molar-refractivity contribution < 1.29 is 13.2 Å². The first kappa shape index (κ1) is 17.9. The maximum atomic E-state index is 12.5. The van der Waals surface area contributed by atoms with Gasteiger partial charge in [-0.15, -0.1) is 12.4 Å². The van der Waals surface area contributed by atoms with Crippen molar-refractivity contribution in [3.63, 3.8) is 0 Å². The van der Waals surface area contributed by atoms with E-state index in [1.165, 1.54) is 16.4 Å². The van der Waals surface area contributed by atoms with Crippen molar-refractivity contribution >= 4 is 28.3 Å². The minimum Gasteiger partial charge on any atom is -0.366 e. The molecule has 4 N–H and O–H groups in total. The first-order valence-electron chi connectivity index (χ1n) is 6.48. The molecule has 0 spiro atoms. The zero-order valence-corrected chi connectivity index (χ0v) is 13.4. The van der Waals surface area contributed by atoms with E-state index in [2.05, 4.69) is 0 Å². The van der Waals surface area contributed by atoms with Crippen LogP contribution in [0.5, 0.6) is 0 Å². The molecule has 1 atom stereocenters. The maximum absolute atomic E-state index is 12.5. The number of primary amides is 1. The van der Waals surface area contributed by atoms with E-state index in [-0.39, 0.29) is 28.9 Å². The van der Waals surface area contributed by atoms with Gasteiger partial charge >= 0.3 is 0 Å². The van der Waals surface area contributed by atoms with Crippen LogP contribution in [0.25, 0.3) is 0 Å². The van der Waals surface area contributed by atoms with Gasteiger partial charge in [0.05, 0.1) is 4.90 Å². The summed E-state index contributed by atoms with van der Waals surface area (Å²) in [6, 6.07) is 4.29. The Morgan fingerprint density at radius 2 is 2.05 bits per heavy atom. The van der Waals surface area contributed by atoms with Crippen LogP contribution in [-0.4, -0.2) is 37.8 Å². The number of hydrogen-bond acceptors (Lipinski definition) is 4. The smallest absolute Gasteiger partial charge is 0.249 e. The van der Waals surface area contributed by atoms with E-state index in [1.54, 1.807) is 13.0 Å². The number of halogens is 1. The molecular formula is C13H20ClN3O3S. The molecule has 2 rings (SSSR count). The van der Waals surface area contributed by atoms with E-state index in [0.717, 1.165) is 12.8 Å². The molecule has 1 aliphatic rings. The van der Waals surface area contributed by atoms with Gasteiger partial charge in [-0.05, 0) is 37.5 Å². The molecule has 1 amide bonds. The summed E-state index contributed by atoms with van der Waals surface area (Å²) in [4.78, 5) is 11.4. The van der Waals surface area contributed by atoms with Crippen LogP contribution >= 0.6 is 12.4 Å². The number of piperidine rings is 1. The Labute approximate surface area is 130 Å². The van der Waals surface area contributed by atoms with Gasteiger partial charge in [0.15, 0.2) is 0 Å². The molecule has 0 bridgehead atoms. The fourth-order valence-corrected chi connectivity index (χ4v) is 3.93. The third-order valence-corrected chi connectivity index (χ3v) is 5.39. The summed E-state index contributed by atoms with van der Waals surface area (Å²) < 4.78 is 26.4. The molecule has 1 aromatic rings. The average Bonchev–Trinajstić information content (AvgIpc) is 2.38. The molecule has 1 saturated heterocycles. The molecule has 8 heteroatoms. The number of nitrogens with two attached hydrogens (primary N) is 2. The van der Waals surface area contributed by atoms with Crippen molar-refractivity contribution in [3.05, 3.63) is 29.3 Å². The molecule has 1 heterocycles. The predicted molar refractivity (Wildman–Crippen MR) is 82.9 cm³/mol. The standard InChI is InChI=1S/C13H19N3O3S.ClH/c1-9-4-5-11(7-12(9)13(15)17)20(18,19)16-6-2-3-10(14)8-16;/h4-5,7,10H,2-3,6,8,14H2,1H3,(H2,15,17);1H. The second-order valence-electron chi connectivity index (χ2n) is 5.11. The van der Waals surface area contributed by atoms with Crippen LogP contribution in [0.3, 0.4) is 0 Å². The summed E-state index contributed by atoms with van der Waals surface area (Å²) in [6.45, 7) is 2.48. The Balaban J connectivity index is 0.00000220. The van der Waals surface area contributed by atoms with Crippen LogP contribution in [-0.2, 0) is 10.0 Å². The van der Waals surface area contributed by atoms with Crippen molar-refractivity contribution in [1.29, 1.82) is 0 Å². The lowest BCUT2D eigenvalue weighted by atomic mass is 10.1. The number of aryl methyl sites for hydroxylation is 1. The molecule has 1 aliphatic heterocycles. The van der Waals surface area contributed by atoms with E-state index in [9.17, 15) is 13.2 Å². The Kier molecular flexibility index (Phi) is 5.75. The Morgan fingerprint density at radius 3 is 2.62 bits per heavy atom. The second-order valence-corrected chi connectivity index (χ2v) is 7.04. The van der Waals surface area contributed by atoms with Crippen LogP contribution < -0.4 is 11.5 Å². The largest absolute Gasteiger partial charge is 0.366 e. The third kappa shape index (κ3) is 3.74. The number of amides is 1. The van der Waals surface area contributed by atoms with Gasteiger partial charge < -0.3 is 11.5 Å². The van der Waals surface area contributed by atoms with Crippen molar-refractivity contribution in [2.45, 2.75) is 30.7 Å². The number of nitrogens with zero attached hydrogens (tertiary/aromatic N) is 1. The highest BCUT2D eigenvalue weighted by atomic mass is 35.5. The van der Waals surface area contributed by atoms with Gasteiger partial charge in [-0.3, -0.25) is 4.79 Å². The first-order valence-corrected chi connectivity index (χ1v) is 7.92. The van der Waals surface area contributed by atoms with Crippen LogP contribution in [0.1, 0.15) is 28.8 Å². The number of rotatable bonds is 3. The fourth-order valence-electron chi connectivity index (χ4n) is 2.37. The van der Waals surface area contributed by atoms with Crippen LogP contribution in [0.4, 0.5) is 0 Å². The predicted octanol–water partition coefficient (Wildman–Crippen LogP) is 0.628. The van der Waals surface area contributed by atoms with E-state index in [1.807, 2.05) is 0 Å². The van der Waals surface area contributed by atoms with Crippen LogP contribution in [0.2, 0.25) is 0 Å². The molecule has 6 nitrogen and oxygen atoms in total. The van der Waals surface area contributed by atoms with Gasteiger partial charge in [0.25, 0.3) is 0 Å². The topological polar surface area (TPSA) is 106 Å². The van der Waals surface area contributed by atoms with E-state index in [0.29, 0.717) is 18.7 Å². The quantitative estimate of drug-likeness (QED) is 0.845. The minimum absolute atomic E-state index is 0. The Bertz CT molecular complexity index is 634. The summed E-state index contributed by atoms with van der Waals surface area (Å²) in [5.41, 5.74) is 12.0. The highest BCUT2D eigenvalue weighted by molar-refractivity contribution is 7.89. The summed E-state index contributed by atoms with van der Waals surface area (Å²) in [7, 11) is -3.62. The molecule has 0 aliphatic carbocycles. The number of benzene rings is 1. The summed E-state index contributed by atoms with van der Waals surface area (Å²) in [6.07, 6.45) is 1.57. The molecule has 118 valence electrons. The van der Waals surface area contributed by atoms with Crippen LogP contribution in [0.15, 0.2) is 23.1 Å². The minimum atomic E-state index is -3.62. The van der Waals surface area contributed by atoms with Gasteiger partial charge in [-0.25, -0.2) is 8.42 Å². The maximum Gasteiger partial charge on any atom is 0.249 e. The van der Waals surface area contributed by atoms with Gasteiger partial charge in [0.2, 0.25) is 15.9 Å². The van der Waals surface area contributed by atoms with Gasteiger partial charge in [-0.2, -0.15) is 4.31 Å². The van der Waals surface area contributed by atoms with Gasteiger partial charge in [0.1, 0.15) is 0 Å². The summed E-state index contributed by atoms with van der Waals surface area (Å²) in [5, 5.41) is 0.